The number of nitrogens with zero attached hydrogens (tertiary/aromatic N) is 3. The lowest BCUT2D eigenvalue weighted by molar-refractivity contribution is 0.253. The normalized spacial score (nSPS) is 18.2. The van der Waals surface area contributed by atoms with E-state index in [0.29, 0.717) is 0 Å². The molecule has 4 rings (SSSR count). The summed E-state index contributed by atoms with van der Waals surface area (Å²) in [6.45, 7) is 1.85. The van der Waals surface area contributed by atoms with Gasteiger partial charge >= 0.3 is 0 Å². The third kappa shape index (κ3) is 6.39. The van der Waals surface area contributed by atoms with E-state index in [0.717, 1.165) is 76.6 Å². The monoisotopic (exact) mass is 480 g/mol. The standard InChI is InChI=1S/C28H37ClN4O/c1-33(2)28-24-8-4-5-9-25(24)31-27(32-28)10-6-7-20-11-13-21(14-12-20)18-30-19-22-17-23(29)15-16-26(22)34-3/h4-5,8-9,15-17,20-21,30H,6-7,10-14,18-19H2,1-3H3. The summed E-state index contributed by atoms with van der Waals surface area (Å²) in [5.74, 6) is 4.47. The van der Waals surface area contributed by atoms with Gasteiger partial charge in [-0.25, -0.2) is 9.97 Å². The smallest absolute Gasteiger partial charge is 0.139 e. The number of ether oxygens (including phenoxy) is 1. The maximum atomic E-state index is 6.15. The SMILES string of the molecule is COc1ccc(Cl)cc1CNCC1CCC(CCCc2nc(N(C)C)c3ccccc3n2)CC1. The van der Waals surface area contributed by atoms with E-state index in [9.17, 15) is 0 Å². The molecular weight excluding hydrogens is 444 g/mol. The molecule has 0 amide bonds. The Morgan fingerprint density at radius 1 is 1.03 bits per heavy atom. The molecule has 0 unspecified atom stereocenters. The molecule has 1 fully saturated rings. The molecule has 1 N–H and O–H groups in total. The second-order valence-electron chi connectivity index (χ2n) is 9.74. The van der Waals surface area contributed by atoms with Crippen LogP contribution in [0.15, 0.2) is 42.5 Å². The minimum atomic E-state index is 0.755. The Morgan fingerprint density at radius 2 is 1.79 bits per heavy atom. The molecule has 0 saturated heterocycles. The van der Waals surface area contributed by atoms with Crippen LogP contribution in [-0.2, 0) is 13.0 Å². The van der Waals surface area contributed by atoms with Crippen LogP contribution in [0.3, 0.4) is 0 Å². The lowest BCUT2D eigenvalue weighted by atomic mass is 9.80. The highest BCUT2D eigenvalue weighted by molar-refractivity contribution is 6.30. The third-order valence-corrected chi connectivity index (χ3v) is 7.26. The number of anilines is 1. The van der Waals surface area contributed by atoms with Gasteiger partial charge in [0.05, 0.1) is 12.6 Å². The molecule has 3 aromatic rings. The molecule has 1 aromatic heterocycles. The highest BCUT2D eigenvalue weighted by Crippen LogP contribution is 2.32. The van der Waals surface area contributed by atoms with E-state index >= 15 is 0 Å². The van der Waals surface area contributed by atoms with Gasteiger partial charge in [0, 0.05) is 43.0 Å². The van der Waals surface area contributed by atoms with Gasteiger partial charge in [0.1, 0.15) is 17.4 Å². The van der Waals surface area contributed by atoms with Crippen molar-refractivity contribution in [3.05, 3.63) is 58.9 Å². The van der Waals surface area contributed by atoms with Crippen LogP contribution in [0.25, 0.3) is 10.9 Å². The number of hydrogen-bond acceptors (Lipinski definition) is 5. The molecule has 0 spiro atoms. The van der Waals surface area contributed by atoms with Gasteiger partial charge in [-0.1, -0.05) is 43.0 Å². The van der Waals surface area contributed by atoms with E-state index < -0.39 is 0 Å². The Morgan fingerprint density at radius 3 is 2.56 bits per heavy atom. The fourth-order valence-corrected chi connectivity index (χ4v) is 5.32. The molecule has 1 aliphatic rings. The first kappa shape index (κ1) is 24.7. The van der Waals surface area contributed by atoms with Gasteiger partial charge in [-0.05, 0) is 68.0 Å². The summed E-state index contributed by atoms with van der Waals surface area (Å²) in [5, 5.41) is 5.50. The number of aromatic nitrogens is 2. The fraction of sp³-hybridized carbons (Fsp3) is 0.500. The number of nitrogens with one attached hydrogen (secondary N) is 1. The first-order valence-corrected chi connectivity index (χ1v) is 12.9. The summed E-state index contributed by atoms with van der Waals surface area (Å²) in [6, 6.07) is 14.1. The molecule has 6 heteroatoms. The predicted molar refractivity (Wildman–Crippen MR) is 142 cm³/mol. The molecular formula is C28H37ClN4O. The minimum Gasteiger partial charge on any atom is -0.496 e. The molecule has 34 heavy (non-hydrogen) atoms. The van der Waals surface area contributed by atoms with Crippen molar-refractivity contribution in [2.45, 2.75) is 51.5 Å². The molecule has 0 radical (unpaired) electrons. The van der Waals surface area contributed by atoms with E-state index in [-0.39, 0.29) is 0 Å². The maximum Gasteiger partial charge on any atom is 0.139 e. The summed E-state index contributed by atoms with van der Waals surface area (Å²) in [5.41, 5.74) is 2.16. The number of fused-ring (bicyclic) bond motifs is 1. The summed E-state index contributed by atoms with van der Waals surface area (Å²) >= 11 is 6.15. The van der Waals surface area contributed by atoms with Gasteiger partial charge in [-0.15, -0.1) is 0 Å². The average molecular weight is 481 g/mol. The van der Waals surface area contributed by atoms with Crippen LogP contribution in [0.4, 0.5) is 5.82 Å². The molecule has 1 saturated carbocycles. The van der Waals surface area contributed by atoms with Crippen LogP contribution in [0.1, 0.15) is 49.9 Å². The van der Waals surface area contributed by atoms with Crippen molar-refractivity contribution in [3.8, 4) is 5.75 Å². The Kier molecular flexibility index (Phi) is 8.63. The van der Waals surface area contributed by atoms with Crippen LogP contribution in [0.2, 0.25) is 5.02 Å². The summed E-state index contributed by atoms with van der Waals surface area (Å²) in [6.07, 6.45) is 8.65. The number of benzene rings is 2. The predicted octanol–water partition coefficient (Wildman–Crippen LogP) is 6.28. The van der Waals surface area contributed by atoms with Crippen LogP contribution >= 0.6 is 11.6 Å². The van der Waals surface area contributed by atoms with Crippen molar-refractivity contribution >= 4 is 28.3 Å². The van der Waals surface area contributed by atoms with Crippen LogP contribution in [0, 0.1) is 11.8 Å². The summed E-state index contributed by atoms with van der Waals surface area (Å²) in [7, 11) is 5.82. The average Bonchev–Trinajstić information content (AvgIpc) is 2.84. The van der Waals surface area contributed by atoms with E-state index in [1.54, 1.807) is 7.11 Å². The number of methoxy groups -OCH3 is 1. The minimum absolute atomic E-state index is 0.755. The molecule has 0 aliphatic heterocycles. The first-order valence-electron chi connectivity index (χ1n) is 12.5. The third-order valence-electron chi connectivity index (χ3n) is 7.02. The molecule has 2 aromatic carbocycles. The van der Waals surface area contributed by atoms with E-state index in [1.807, 2.05) is 18.2 Å². The molecule has 182 valence electrons. The molecule has 1 aliphatic carbocycles. The summed E-state index contributed by atoms with van der Waals surface area (Å²) in [4.78, 5) is 11.8. The van der Waals surface area contributed by atoms with E-state index in [4.69, 9.17) is 26.3 Å². The lowest BCUT2D eigenvalue weighted by Gasteiger charge is -2.28. The molecule has 5 nitrogen and oxygen atoms in total. The van der Waals surface area contributed by atoms with Gasteiger partial charge in [-0.3, -0.25) is 0 Å². The van der Waals surface area contributed by atoms with Crippen LogP contribution in [0.5, 0.6) is 5.75 Å². The lowest BCUT2D eigenvalue weighted by Crippen LogP contribution is -2.26. The van der Waals surface area contributed by atoms with Crippen molar-refractivity contribution in [3.63, 3.8) is 0 Å². The zero-order valence-corrected chi connectivity index (χ0v) is 21.4. The Hall–Kier alpha value is -2.37. The fourth-order valence-electron chi connectivity index (χ4n) is 5.13. The van der Waals surface area contributed by atoms with Gasteiger partial charge in [-0.2, -0.15) is 0 Å². The zero-order chi connectivity index (χ0) is 23.9. The van der Waals surface area contributed by atoms with Crippen molar-refractivity contribution in [1.29, 1.82) is 0 Å². The zero-order valence-electron chi connectivity index (χ0n) is 20.7. The Bertz CT molecular complexity index is 1080. The molecule has 1 heterocycles. The van der Waals surface area contributed by atoms with Gasteiger partial charge in [0.2, 0.25) is 0 Å². The highest BCUT2D eigenvalue weighted by Gasteiger charge is 2.21. The maximum absolute atomic E-state index is 6.15. The largest absolute Gasteiger partial charge is 0.496 e. The number of para-hydroxylation sites is 1. The summed E-state index contributed by atoms with van der Waals surface area (Å²) < 4.78 is 5.46. The first-order chi connectivity index (χ1) is 16.5. The van der Waals surface area contributed by atoms with Crippen molar-refractivity contribution in [2.24, 2.45) is 11.8 Å². The quantitative estimate of drug-likeness (QED) is 0.370. The Balaban J connectivity index is 1.20. The second kappa shape index (κ2) is 11.9. The molecule has 0 bridgehead atoms. The highest BCUT2D eigenvalue weighted by atomic mass is 35.5. The molecule has 0 atom stereocenters. The van der Waals surface area contributed by atoms with Gasteiger partial charge in [0.15, 0.2) is 0 Å². The van der Waals surface area contributed by atoms with Crippen molar-refractivity contribution < 1.29 is 4.74 Å². The topological polar surface area (TPSA) is 50.3 Å². The number of aryl methyl sites for hydroxylation is 1. The van der Waals surface area contributed by atoms with Gasteiger partial charge < -0.3 is 15.0 Å². The van der Waals surface area contributed by atoms with Gasteiger partial charge in [0.25, 0.3) is 0 Å². The van der Waals surface area contributed by atoms with E-state index in [1.165, 1.54) is 32.1 Å². The van der Waals surface area contributed by atoms with Crippen molar-refractivity contribution in [2.75, 3.05) is 32.6 Å². The second-order valence-corrected chi connectivity index (χ2v) is 10.2. The number of rotatable bonds is 10. The Labute approximate surface area is 208 Å². The van der Waals surface area contributed by atoms with Crippen LogP contribution < -0.4 is 15.0 Å². The number of halogens is 1. The van der Waals surface area contributed by atoms with E-state index in [2.05, 4.69) is 48.6 Å². The van der Waals surface area contributed by atoms with Crippen LogP contribution in [-0.4, -0.2) is 37.7 Å². The van der Waals surface area contributed by atoms with Crippen molar-refractivity contribution in [1.82, 2.24) is 15.3 Å². The number of hydrogen-bond donors (Lipinski definition) is 1.